The van der Waals surface area contributed by atoms with Crippen LogP contribution in [0.4, 0.5) is 5.13 Å². The molecule has 3 heterocycles. The van der Waals surface area contributed by atoms with E-state index in [1.54, 1.807) is 12.1 Å². The summed E-state index contributed by atoms with van der Waals surface area (Å²) in [7, 11) is 0. The van der Waals surface area contributed by atoms with Gasteiger partial charge in [-0.3, -0.25) is 14.5 Å². The van der Waals surface area contributed by atoms with E-state index in [9.17, 15) is 14.7 Å². The van der Waals surface area contributed by atoms with Gasteiger partial charge in [-0.25, -0.2) is 0 Å². The van der Waals surface area contributed by atoms with Crippen LogP contribution in [0.25, 0.3) is 5.76 Å². The van der Waals surface area contributed by atoms with Crippen molar-refractivity contribution in [1.82, 2.24) is 10.2 Å². The molecule has 2 aliphatic heterocycles. The summed E-state index contributed by atoms with van der Waals surface area (Å²) in [5, 5.41) is 20.6. The van der Waals surface area contributed by atoms with Gasteiger partial charge < -0.3 is 9.84 Å². The first-order valence-electron chi connectivity index (χ1n) is 13.9. The van der Waals surface area contributed by atoms with Gasteiger partial charge in [-0.1, -0.05) is 91.0 Å². The molecule has 1 saturated heterocycles. The van der Waals surface area contributed by atoms with E-state index in [0.717, 1.165) is 22.4 Å². The zero-order chi connectivity index (χ0) is 29.5. The number of nitrogens with zero attached hydrogens (tertiary/aromatic N) is 3. The zero-order valence-electron chi connectivity index (χ0n) is 23.8. The number of aromatic nitrogens is 2. The summed E-state index contributed by atoms with van der Waals surface area (Å²) >= 11 is 2.79. The van der Waals surface area contributed by atoms with Gasteiger partial charge in [-0.2, -0.15) is 0 Å². The highest BCUT2D eigenvalue weighted by atomic mass is 32.2. The highest BCUT2D eigenvalue weighted by molar-refractivity contribution is 8.00. The van der Waals surface area contributed by atoms with Crippen LogP contribution in [0, 0.1) is 6.92 Å². The van der Waals surface area contributed by atoms with E-state index in [1.165, 1.54) is 33.6 Å². The van der Waals surface area contributed by atoms with E-state index in [4.69, 9.17) is 4.74 Å². The van der Waals surface area contributed by atoms with Crippen LogP contribution >= 0.6 is 23.1 Å². The van der Waals surface area contributed by atoms with Crippen molar-refractivity contribution < 1.29 is 19.4 Å². The molecular formula is C33H31N3O4S2. The molecule has 9 heteroatoms. The molecule has 42 heavy (non-hydrogen) atoms. The summed E-state index contributed by atoms with van der Waals surface area (Å²) in [6.07, 6.45) is 0.747. The zero-order valence-corrected chi connectivity index (χ0v) is 25.5. The Morgan fingerprint density at radius 2 is 1.81 bits per heavy atom. The number of aliphatic hydroxyl groups excluding tert-OH is 1. The van der Waals surface area contributed by atoms with Gasteiger partial charge in [0.05, 0.1) is 11.6 Å². The minimum absolute atomic E-state index is 0.0354. The molecule has 214 valence electrons. The number of aryl methyl sites for hydroxylation is 1. The summed E-state index contributed by atoms with van der Waals surface area (Å²) in [6, 6.07) is 20.6. The number of hydrogen-bond donors (Lipinski definition) is 1. The minimum Gasteiger partial charge on any atom is -0.507 e. The molecule has 3 aromatic carbocycles. The lowest BCUT2D eigenvalue weighted by molar-refractivity contribution is -0.132. The minimum atomic E-state index is -0.850. The number of fused-ring (bicyclic) bond motifs is 1. The third-order valence-electron chi connectivity index (χ3n) is 7.62. The molecular weight excluding hydrogens is 567 g/mol. The first-order chi connectivity index (χ1) is 20.2. The molecule has 0 spiro atoms. The molecule has 1 fully saturated rings. The van der Waals surface area contributed by atoms with Gasteiger partial charge in [-0.05, 0) is 60.2 Å². The molecule has 4 aromatic rings. The SMILES string of the molecule is Cc1ccc(CSc2nnc(N3C(=O)C(=O)/C(=C(/O)c4ccc5c(c4)C[C@H](C)O5)[C@@H]3c3ccc(C(C)C)cc3)s2)cc1. The Kier molecular flexibility index (Phi) is 7.64. The van der Waals surface area contributed by atoms with Gasteiger partial charge in [0.1, 0.15) is 17.6 Å². The van der Waals surface area contributed by atoms with Gasteiger partial charge in [0, 0.05) is 17.7 Å². The Labute approximate surface area is 253 Å². The number of rotatable bonds is 7. The van der Waals surface area contributed by atoms with Crippen molar-refractivity contribution in [2.75, 3.05) is 4.90 Å². The monoisotopic (exact) mass is 597 g/mol. The van der Waals surface area contributed by atoms with Crippen LogP contribution in [0.2, 0.25) is 0 Å². The average molecular weight is 598 g/mol. The van der Waals surface area contributed by atoms with Crippen LogP contribution in [0.15, 0.2) is 76.6 Å². The number of aliphatic hydroxyl groups is 1. The Hall–Kier alpha value is -3.95. The largest absolute Gasteiger partial charge is 0.507 e. The van der Waals surface area contributed by atoms with Crippen LogP contribution in [-0.4, -0.2) is 33.1 Å². The van der Waals surface area contributed by atoms with E-state index >= 15 is 0 Å². The lowest BCUT2D eigenvalue weighted by atomic mass is 9.93. The van der Waals surface area contributed by atoms with Crippen LogP contribution in [0.5, 0.6) is 5.75 Å². The van der Waals surface area contributed by atoms with Crippen LogP contribution < -0.4 is 9.64 Å². The van der Waals surface area contributed by atoms with Gasteiger partial charge in [0.15, 0.2) is 4.34 Å². The highest BCUT2D eigenvalue weighted by Crippen LogP contribution is 2.45. The molecule has 0 unspecified atom stereocenters. The van der Waals surface area contributed by atoms with Crippen molar-refractivity contribution >= 4 is 45.7 Å². The number of Topliss-reactive ketones (excluding diaryl/α,β-unsaturated/α-hetero) is 1. The number of ether oxygens (including phenoxy) is 1. The van der Waals surface area contributed by atoms with Crippen LogP contribution in [0.3, 0.4) is 0 Å². The second kappa shape index (κ2) is 11.4. The normalized spacial score (nSPS) is 19.4. The number of ketones is 1. The summed E-state index contributed by atoms with van der Waals surface area (Å²) in [5.74, 6) is 0.0877. The van der Waals surface area contributed by atoms with Crippen molar-refractivity contribution in [3.05, 3.63) is 106 Å². The summed E-state index contributed by atoms with van der Waals surface area (Å²) < 4.78 is 6.50. The second-order valence-electron chi connectivity index (χ2n) is 11.1. The van der Waals surface area contributed by atoms with Crippen LogP contribution in [0.1, 0.15) is 66.1 Å². The van der Waals surface area contributed by atoms with Crippen molar-refractivity contribution in [3.8, 4) is 5.75 Å². The summed E-state index contributed by atoms with van der Waals surface area (Å²) in [5.41, 5.74) is 5.66. The maximum atomic E-state index is 13.6. The lowest BCUT2D eigenvalue weighted by Gasteiger charge is -2.23. The highest BCUT2D eigenvalue weighted by Gasteiger charge is 2.48. The Bertz CT molecular complexity index is 1690. The predicted molar refractivity (Wildman–Crippen MR) is 166 cm³/mol. The van der Waals surface area contributed by atoms with Gasteiger partial charge in [-0.15, -0.1) is 10.2 Å². The van der Waals surface area contributed by atoms with E-state index in [-0.39, 0.29) is 17.4 Å². The predicted octanol–water partition coefficient (Wildman–Crippen LogP) is 7.21. The lowest BCUT2D eigenvalue weighted by Crippen LogP contribution is -2.29. The molecule has 7 nitrogen and oxygen atoms in total. The Morgan fingerprint density at radius 1 is 1.07 bits per heavy atom. The standard InChI is InChI=1S/C33H31N3O4S2/c1-18(2)22-9-11-23(12-10-22)28-27(29(37)24-13-14-26-25(16-24)15-20(4)40-26)30(38)31(39)36(28)32-34-35-33(42-32)41-17-21-7-5-19(3)6-8-21/h5-14,16,18,20,28,37H,15,17H2,1-4H3/b29-27+/t20-,28-/m0/s1. The van der Waals surface area contributed by atoms with Gasteiger partial charge in [0.2, 0.25) is 5.13 Å². The molecule has 1 N–H and O–H groups in total. The Balaban J connectivity index is 1.39. The van der Waals surface area contributed by atoms with Gasteiger partial charge in [0.25, 0.3) is 5.78 Å². The van der Waals surface area contributed by atoms with Gasteiger partial charge >= 0.3 is 5.91 Å². The quantitative estimate of drug-likeness (QED) is 0.0791. The third kappa shape index (κ3) is 5.34. The second-order valence-corrected chi connectivity index (χ2v) is 13.2. The van der Waals surface area contributed by atoms with Crippen molar-refractivity contribution in [2.24, 2.45) is 0 Å². The number of benzene rings is 3. The number of thioether (sulfide) groups is 1. The third-order valence-corrected chi connectivity index (χ3v) is 9.74. The van der Waals surface area contributed by atoms with Crippen LogP contribution in [-0.2, 0) is 21.8 Å². The number of anilines is 1. The molecule has 1 amide bonds. The average Bonchev–Trinajstić information content (AvgIpc) is 3.67. The smallest absolute Gasteiger partial charge is 0.301 e. The molecule has 6 rings (SSSR count). The number of carbonyl (C=O) groups excluding carboxylic acids is 2. The summed E-state index contributed by atoms with van der Waals surface area (Å²) in [4.78, 5) is 28.6. The molecule has 0 saturated carbocycles. The first kappa shape index (κ1) is 28.2. The number of hydrogen-bond acceptors (Lipinski definition) is 8. The first-order valence-corrected chi connectivity index (χ1v) is 15.7. The molecule has 0 bridgehead atoms. The van der Waals surface area contributed by atoms with Crippen molar-refractivity contribution in [3.63, 3.8) is 0 Å². The van der Waals surface area contributed by atoms with E-state index in [0.29, 0.717) is 38.7 Å². The van der Waals surface area contributed by atoms with Crippen molar-refractivity contribution in [2.45, 2.75) is 62.3 Å². The fourth-order valence-electron chi connectivity index (χ4n) is 5.32. The summed E-state index contributed by atoms with van der Waals surface area (Å²) in [6.45, 7) is 8.25. The molecule has 0 radical (unpaired) electrons. The number of amides is 1. The van der Waals surface area contributed by atoms with E-state index in [1.807, 2.05) is 37.3 Å². The number of carbonyl (C=O) groups is 2. The molecule has 2 aliphatic rings. The van der Waals surface area contributed by atoms with Crippen molar-refractivity contribution in [1.29, 1.82) is 0 Å². The fourth-order valence-corrected chi connectivity index (χ4v) is 7.14. The molecule has 0 aliphatic carbocycles. The van der Waals surface area contributed by atoms with E-state index in [2.05, 4.69) is 55.2 Å². The topological polar surface area (TPSA) is 92.6 Å². The maximum Gasteiger partial charge on any atom is 0.301 e. The molecule has 1 aromatic heterocycles. The Morgan fingerprint density at radius 3 is 2.52 bits per heavy atom. The maximum absolute atomic E-state index is 13.6. The van der Waals surface area contributed by atoms with E-state index < -0.39 is 17.7 Å². The fraction of sp³-hybridized carbons (Fsp3) is 0.273. The molecule has 2 atom stereocenters.